The number of hydrogen-bond acceptors (Lipinski definition) is 6. The molecule has 0 radical (unpaired) electrons. The van der Waals surface area contributed by atoms with E-state index < -0.39 is 0 Å². The molecule has 3 rings (SSSR count). The van der Waals surface area contributed by atoms with Gasteiger partial charge in [0.15, 0.2) is 18.1 Å². The van der Waals surface area contributed by atoms with Crippen LogP contribution in [0.25, 0.3) is 22.9 Å². The summed E-state index contributed by atoms with van der Waals surface area (Å²) in [5, 5.41) is 14.9. The summed E-state index contributed by atoms with van der Waals surface area (Å²) < 4.78 is 10.9. The van der Waals surface area contributed by atoms with Crippen molar-refractivity contribution in [3.05, 3.63) is 64.5 Å². The Balaban J connectivity index is 1.81. The van der Waals surface area contributed by atoms with Crippen LogP contribution in [0.15, 0.2) is 53.9 Å². The van der Waals surface area contributed by atoms with Crippen LogP contribution in [-0.4, -0.2) is 31.2 Å². The van der Waals surface area contributed by atoms with Gasteiger partial charge in [-0.3, -0.25) is 4.79 Å². The first-order valence-corrected chi connectivity index (χ1v) is 10.2. The van der Waals surface area contributed by atoms with E-state index in [0.717, 1.165) is 16.8 Å². The fourth-order valence-corrected chi connectivity index (χ4v) is 3.53. The third kappa shape index (κ3) is 5.25. The molecule has 0 saturated carbocycles. The summed E-state index contributed by atoms with van der Waals surface area (Å²) in [6, 6.07) is 17.3. The summed E-state index contributed by atoms with van der Waals surface area (Å²) in [7, 11) is 1.53. The van der Waals surface area contributed by atoms with E-state index in [1.54, 1.807) is 24.3 Å². The number of carbonyl (C=O) groups is 1. The number of allylic oxidation sites excluding steroid dienone is 1. The van der Waals surface area contributed by atoms with Gasteiger partial charge >= 0.3 is 0 Å². The number of amides is 1. The minimum atomic E-state index is -0.201. The van der Waals surface area contributed by atoms with Crippen LogP contribution in [0.4, 0.5) is 0 Å². The highest BCUT2D eigenvalue weighted by atomic mass is 32.1. The maximum Gasteiger partial charge on any atom is 0.257 e. The van der Waals surface area contributed by atoms with Crippen molar-refractivity contribution in [3.63, 3.8) is 0 Å². The second-order valence-electron chi connectivity index (χ2n) is 6.23. The number of methoxy groups -OCH3 is 1. The first kappa shape index (κ1) is 21.1. The van der Waals surface area contributed by atoms with Gasteiger partial charge in [-0.25, -0.2) is 4.98 Å². The van der Waals surface area contributed by atoms with Gasteiger partial charge in [0.05, 0.1) is 18.4 Å². The van der Waals surface area contributed by atoms with Gasteiger partial charge in [0.1, 0.15) is 11.1 Å². The highest BCUT2D eigenvalue weighted by molar-refractivity contribution is 7.11. The van der Waals surface area contributed by atoms with Crippen molar-refractivity contribution in [1.29, 1.82) is 5.26 Å². The molecule has 7 heteroatoms. The van der Waals surface area contributed by atoms with Crippen molar-refractivity contribution < 1.29 is 14.3 Å². The van der Waals surface area contributed by atoms with Gasteiger partial charge < -0.3 is 14.8 Å². The summed E-state index contributed by atoms with van der Waals surface area (Å²) in [6.07, 6.45) is 1.75. The Labute approximate surface area is 179 Å². The number of rotatable bonds is 8. The second-order valence-corrected chi connectivity index (χ2v) is 7.08. The van der Waals surface area contributed by atoms with Crippen LogP contribution in [0.1, 0.15) is 17.5 Å². The lowest BCUT2D eigenvalue weighted by molar-refractivity contribution is -0.123. The Kier molecular flexibility index (Phi) is 7.19. The molecule has 0 aliphatic rings. The smallest absolute Gasteiger partial charge is 0.257 e. The summed E-state index contributed by atoms with van der Waals surface area (Å²) >= 11 is 1.42. The molecule has 0 fully saturated rings. The molecule has 152 valence electrons. The number of likely N-dealkylation sites (N-methyl/N-ethyl adjacent to an activating group) is 1. The van der Waals surface area contributed by atoms with E-state index in [1.807, 2.05) is 42.6 Å². The minimum Gasteiger partial charge on any atom is -0.493 e. The number of nitrogens with zero attached hydrogens (tertiary/aromatic N) is 2. The summed E-state index contributed by atoms with van der Waals surface area (Å²) in [4.78, 5) is 16.2. The van der Waals surface area contributed by atoms with Gasteiger partial charge in [-0.1, -0.05) is 36.4 Å². The normalized spacial score (nSPS) is 10.9. The zero-order valence-electron chi connectivity index (χ0n) is 16.7. The quantitative estimate of drug-likeness (QED) is 0.547. The van der Waals surface area contributed by atoms with Crippen molar-refractivity contribution in [2.24, 2.45) is 0 Å². The minimum absolute atomic E-state index is 0.0930. The SMILES string of the molecule is CCNC(=O)COc1ccc(/C=C(\C#N)c2nc(-c3ccccc3)cs2)cc1OC. The Morgan fingerprint density at radius 3 is 2.73 bits per heavy atom. The van der Waals surface area contributed by atoms with Crippen LogP contribution in [0.5, 0.6) is 11.5 Å². The van der Waals surface area contributed by atoms with E-state index in [2.05, 4.69) is 16.4 Å². The van der Waals surface area contributed by atoms with Crippen molar-refractivity contribution >= 4 is 28.9 Å². The number of nitriles is 1. The van der Waals surface area contributed by atoms with Gasteiger partial charge in [0, 0.05) is 17.5 Å². The van der Waals surface area contributed by atoms with Crippen LogP contribution in [0.2, 0.25) is 0 Å². The zero-order valence-corrected chi connectivity index (χ0v) is 17.5. The first-order valence-electron chi connectivity index (χ1n) is 9.35. The van der Waals surface area contributed by atoms with Gasteiger partial charge in [-0.2, -0.15) is 5.26 Å². The highest BCUT2D eigenvalue weighted by Crippen LogP contribution is 2.31. The van der Waals surface area contributed by atoms with Crippen molar-refractivity contribution in [1.82, 2.24) is 10.3 Å². The van der Waals surface area contributed by atoms with Crippen LogP contribution in [-0.2, 0) is 4.79 Å². The molecular weight excluding hydrogens is 398 g/mol. The zero-order chi connectivity index (χ0) is 21.3. The Hall–Kier alpha value is -3.63. The van der Waals surface area contributed by atoms with E-state index in [1.165, 1.54) is 18.4 Å². The van der Waals surface area contributed by atoms with E-state index in [4.69, 9.17) is 9.47 Å². The molecule has 1 amide bonds. The van der Waals surface area contributed by atoms with Crippen molar-refractivity contribution in [3.8, 4) is 28.8 Å². The molecule has 1 heterocycles. The number of nitrogens with one attached hydrogen (secondary N) is 1. The lowest BCUT2D eigenvalue weighted by atomic mass is 10.1. The average molecular weight is 420 g/mol. The number of aromatic nitrogens is 1. The maximum absolute atomic E-state index is 11.6. The van der Waals surface area contributed by atoms with Gasteiger partial charge in [0.2, 0.25) is 0 Å². The molecular formula is C23H21N3O3S. The van der Waals surface area contributed by atoms with Gasteiger partial charge in [0.25, 0.3) is 5.91 Å². The first-order chi connectivity index (χ1) is 14.6. The lowest BCUT2D eigenvalue weighted by Crippen LogP contribution is -2.28. The molecule has 0 saturated heterocycles. The fraction of sp³-hybridized carbons (Fsp3) is 0.174. The van der Waals surface area contributed by atoms with Gasteiger partial charge in [-0.15, -0.1) is 11.3 Å². The molecule has 1 aromatic heterocycles. The number of carbonyl (C=O) groups excluding carboxylic acids is 1. The monoisotopic (exact) mass is 419 g/mol. The molecule has 0 bridgehead atoms. The topological polar surface area (TPSA) is 84.2 Å². The third-order valence-electron chi connectivity index (χ3n) is 4.16. The molecule has 0 aliphatic heterocycles. The third-order valence-corrected chi connectivity index (χ3v) is 5.03. The molecule has 6 nitrogen and oxygen atoms in total. The maximum atomic E-state index is 11.6. The summed E-state index contributed by atoms with van der Waals surface area (Å²) in [6.45, 7) is 2.30. The molecule has 3 aromatic rings. The van der Waals surface area contributed by atoms with E-state index in [0.29, 0.717) is 28.6 Å². The summed E-state index contributed by atoms with van der Waals surface area (Å²) in [5.41, 5.74) is 3.07. The highest BCUT2D eigenvalue weighted by Gasteiger charge is 2.11. The average Bonchev–Trinajstić information content (AvgIpc) is 3.27. The molecule has 30 heavy (non-hydrogen) atoms. The molecule has 1 N–H and O–H groups in total. The van der Waals surface area contributed by atoms with E-state index >= 15 is 0 Å². The Bertz CT molecular complexity index is 1080. The standard InChI is InChI=1S/C23H21N3O3S/c1-3-25-22(27)14-29-20-10-9-16(12-21(20)28-2)11-18(13-24)23-26-19(15-30-23)17-7-5-4-6-8-17/h4-12,15H,3,14H2,1-2H3,(H,25,27)/b18-11+. The molecule has 2 aromatic carbocycles. The van der Waals surface area contributed by atoms with E-state index in [-0.39, 0.29) is 12.5 Å². The van der Waals surface area contributed by atoms with Crippen molar-refractivity contribution in [2.75, 3.05) is 20.3 Å². The van der Waals surface area contributed by atoms with Crippen LogP contribution in [0.3, 0.4) is 0 Å². The number of benzene rings is 2. The van der Waals surface area contributed by atoms with E-state index in [9.17, 15) is 10.1 Å². The fourth-order valence-electron chi connectivity index (χ4n) is 2.73. The predicted octanol–water partition coefficient (Wildman–Crippen LogP) is 4.40. The molecule has 0 atom stereocenters. The number of hydrogen-bond donors (Lipinski definition) is 1. The predicted molar refractivity (Wildman–Crippen MR) is 118 cm³/mol. The largest absolute Gasteiger partial charge is 0.493 e. The number of thiazole rings is 1. The van der Waals surface area contributed by atoms with Crippen LogP contribution >= 0.6 is 11.3 Å². The second kappa shape index (κ2) is 10.2. The molecule has 0 unspecified atom stereocenters. The number of ether oxygens (including phenoxy) is 2. The Morgan fingerprint density at radius 1 is 1.23 bits per heavy atom. The molecule has 0 aliphatic carbocycles. The molecule has 0 spiro atoms. The van der Waals surface area contributed by atoms with Gasteiger partial charge in [-0.05, 0) is 30.7 Å². The van der Waals surface area contributed by atoms with Crippen LogP contribution < -0.4 is 14.8 Å². The Morgan fingerprint density at radius 2 is 2.03 bits per heavy atom. The van der Waals surface area contributed by atoms with Crippen molar-refractivity contribution in [2.45, 2.75) is 6.92 Å². The lowest BCUT2D eigenvalue weighted by Gasteiger charge is -2.11. The van der Waals surface area contributed by atoms with Crippen LogP contribution in [0, 0.1) is 11.3 Å². The summed E-state index contributed by atoms with van der Waals surface area (Å²) in [5.74, 6) is 0.739.